The highest BCUT2D eigenvalue weighted by molar-refractivity contribution is 5.96. The predicted octanol–water partition coefficient (Wildman–Crippen LogP) is 5.71. The summed E-state index contributed by atoms with van der Waals surface area (Å²) < 4.78 is 0. The lowest BCUT2D eigenvalue weighted by Gasteiger charge is -2.39. The smallest absolute Gasteiger partial charge is 0.335 e. The van der Waals surface area contributed by atoms with Crippen molar-refractivity contribution in [2.45, 2.75) is 18.9 Å². The molecule has 0 atom stereocenters. The molecular weight excluding hydrogens is 410 g/mol. The fourth-order valence-electron chi connectivity index (χ4n) is 4.72. The van der Waals surface area contributed by atoms with Gasteiger partial charge in [0, 0.05) is 42.8 Å². The number of rotatable bonds is 5. The van der Waals surface area contributed by atoms with Gasteiger partial charge in [-0.05, 0) is 49.2 Å². The standard InChI is InChI=1S/C28H27N3O2/c1-30(23-10-6-3-7-11-23)24-14-16-31(17-15-24)26-19-22-18-21(28(32)33)12-13-25(22)29-27(26)20-8-4-2-5-9-20/h2-13,18-19,24H,14-17H2,1H3,(H,32,33). The molecule has 1 aliphatic rings. The van der Waals surface area contributed by atoms with Crippen LogP contribution in [0.1, 0.15) is 23.2 Å². The van der Waals surface area contributed by atoms with E-state index in [4.69, 9.17) is 4.98 Å². The van der Waals surface area contributed by atoms with Crippen LogP contribution in [0.25, 0.3) is 22.2 Å². The van der Waals surface area contributed by atoms with Crippen LogP contribution in [-0.4, -0.2) is 42.2 Å². The van der Waals surface area contributed by atoms with E-state index in [1.54, 1.807) is 18.2 Å². The van der Waals surface area contributed by atoms with Gasteiger partial charge < -0.3 is 14.9 Å². The molecule has 166 valence electrons. The maximum atomic E-state index is 11.5. The topological polar surface area (TPSA) is 56.7 Å². The Morgan fingerprint density at radius 1 is 0.939 bits per heavy atom. The van der Waals surface area contributed by atoms with Crippen molar-refractivity contribution in [3.05, 3.63) is 90.5 Å². The second kappa shape index (κ2) is 8.94. The summed E-state index contributed by atoms with van der Waals surface area (Å²) >= 11 is 0. The third kappa shape index (κ3) is 4.27. The molecule has 1 fully saturated rings. The average molecular weight is 438 g/mol. The van der Waals surface area contributed by atoms with Crippen molar-refractivity contribution in [2.75, 3.05) is 29.9 Å². The lowest BCUT2D eigenvalue weighted by molar-refractivity contribution is 0.0697. The van der Waals surface area contributed by atoms with Gasteiger partial charge in [-0.2, -0.15) is 0 Å². The maximum absolute atomic E-state index is 11.5. The molecule has 0 radical (unpaired) electrons. The van der Waals surface area contributed by atoms with E-state index in [2.05, 4.69) is 59.3 Å². The van der Waals surface area contributed by atoms with E-state index in [0.717, 1.165) is 53.8 Å². The van der Waals surface area contributed by atoms with Crippen molar-refractivity contribution in [1.82, 2.24) is 4.98 Å². The first-order chi connectivity index (χ1) is 16.1. The molecule has 0 saturated carbocycles. The molecule has 0 unspecified atom stereocenters. The van der Waals surface area contributed by atoms with Gasteiger partial charge in [-0.15, -0.1) is 0 Å². The van der Waals surface area contributed by atoms with E-state index in [9.17, 15) is 9.90 Å². The third-order valence-electron chi connectivity index (χ3n) is 6.61. The molecule has 0 aliphatic carbocycles. The number of pyridine rings is 1. The van der Waals surface area contributed by atoms with Gasteiger partial charge >= 0.3 is 5.97 Å². The fourth-order valence-corrected chi connectivity index (χ4v) is 4.72. The van der Waals surface area contributed by atoms with E-state index in [1.807, 2.05) is 24.3 Å². The summed E-state index contributed by atoms with van der Waals surface area (Å²) in [6.07, 6.45) is 2.10. The van der Waals surface area contributed by atoms with E-state index < -0.39 is 5.97 Å². The van der Waals surface area contributed by atoms with Crippen molar-refractivity contribution in [2.24, 2.45) is 0 Å². The molecule has 5 rings (SSSR count). The highest BCUT2D eigenvalue weighted by Gasteiger charge is 2.25. The molecule has 3 aromatic carbocycles. The van der Waals surface area contributed by atoms with Crippen LogP contribution < -0.4 is 9.80 Å². The van der Waals surface area contributed by atoms with Gasteiger partial charge in [0.05, 0.1) is 22.5 Å². The second-order valence-electron chi connectivity index (χ2n) is 8.60. The summed E-state index contributed by atoms with van der Waals surface area (Å²) in [5.41, 5.74) is 5.42. The molecule has 4 aromatic rings. The molecular formula is C28H27N3O2. The van der Waals surface area contributed by atoms with Gasteiger partial charge in [-0.1, -0.05) is 48.5 Å². The van der Waals surface area contributed by atoms with Crippen molar-refractivity contribution >= 4 is 28.2 Å². The summed E-state index contributed by atoms with van der Waals surface area (Å²) in [4.78, 5) is 21.3. The van der Waals surface area contributed by atoms with E-state index in [-0.39, 0.29) is 5.56 Å². The van der Waals surface area contributed by atoms with E-state index in [1.165, 1.54) is 5.69 Å². The zero-order valence-corrected chi connectivity index (χ0v) is 18.7. The Morgan fingerprint density at radius 3 is 2.27 bits per heavy atom. The first kappa shape index (κ1) is 21.0. The van der Waals surface area contributed by atoms with E-state index in [0.29, 0.717) is 6.04 Å². The Labute approximate surface area is 193 Å². The van der Waals surface area contributed by atoms with Crippen molar-refractivity contribution in [3.63, 3.8) is 0 Å². The summed E-state index contributed by atoms with van der Waals surface area (Å²) in [5.74, 6) is -0.921. The normalized spacial score (nSPS) is 14.4. The van der Waals surface area contributed by atoms with Crippen LogP contribution in [0.5, 0.6) is 0 Å². The SMILES string of the molecule is CN(c1ccccc1)C1CCN(c2cc3cc(C(=O)O)ccc3nc2-c2ccccc2)CC1. The quantitative estimate of drug-likeness (QED) is 0.434. The van der Waals surface area contributed by atoms with Gasteiger partial charge in [0.15, 0.2) is 0 Å². The molecule has 33 heavy (non-hydrogen) atoms. The Balaban J connectivity index is 1.48. The van der Waals surface area contributed by atoms with Crippen LogP contribution in [0.15, 0.2) is 84.9 Å². The number of benzene rings is 3. The van der Waals surface area contributed by atoms with Crippen molar-refractivity contribution in [3.8, 4) is 11.3 Å². The van der Waals surface area contributed by atoms with E-state index >= 15 is 0 Å². The number of nitrogens with zero attached hydrogens (tertiary/aromatic N) is 3. The summed E-state index contributed by atoms with van der Waals surface area (Å²) in [7, 11) is 2.18. The lowest BCUT2D eigenvalue weighted by Crippen LogP contribution is -2.43. The first-order valence-electron chi connectivity index (χ1n) is 11.4. The number of hydrogen-bond donors (Lipinski definition) is 1. The zero-order valence-electron chi connectivity index (χ0n) is 18.7. The number of piperidine rings is 1. The number of carbonyl (C=O) groups is 1. The predicted molar refractivity (Wildman–Crippen MR) is 134 cm³/mol. The Morgan fingerprint density at radius 2 is 1.61 bits per heavy atom. The average Bonchev–Trinajstić information content (AvgIpc) is 2.88. The molecule has 0 amide bonds. The van der Waals surface area contributed by atoms with Crippen LogP contribution in [-0.2, 0) is 0 Å². The van der Waals surface area contributed by atoms with Crippen LogP contribution in [0.2, 0.25) is 0 Å². The molecule has 1 aromatic heterocycles. The van der Waals surface area contributed by atoms with Gasteiger partial charge in [0.25, 0.3) is 0 Å². The second-order valence-corrected chi connectivity index (χ2v) is 8.60. The monoisotopic (exact) mass is 437 g/mol. The minimum absolute atomic E-state index is 0.283. The number of aromatic nitrogens is 1. The number of para-hydroxylation sites is 1. The molecule has 1 saturated heterocycles. The Hall–Kier alpha value is -3.86. The summed E-state index contributed by atoms with van der Waals surface area (Å²) in [5, 5.41) is 10.3. The molecule has 5 heteroatoms. The summed E-state index contributed by atoms with van der Waals surface area (Å²) in [6.45, 7) is 1.85. The number of carboxylic acids is 1. The molecule has 0 bridgehead atoms. The van der Waals surface area contributed by atoms with Crippen LogP contribution >= 0.6 is 0 Å². The lowest BCUT2D eigenvalue weighted by atomic mass is 9.99. The Kier molecular flexibility index (Phi) is 5.69. The number of carboxylic acid groups (broad SMARTS) is 1. The highest BCUT2D eigenvalue weighted by Crippen LogP contribution is 2.35. The third-order valence-corrected chi connectivity index (χ3v) is 6.61. The molecule has 1 N–H and O–H groups in total. The fraction of sp³-hybridized carbons (Fsp3) is 0.214. The number of hydrogen-bond acceptors (Lipinski definition) is 4. The molecule has 1 aliphatic heterocycles. The van der Waals surface area contributed by atoms with Gasteiger partial charge in [-0.3, -0.25) is 0 Å². The minimum atomic E-state index is -0.921. The largest absolute Gasteiger partial charge is 0.478 e. The number of fused-ring (bicyclic) bond motifs is 1. The molecule has 0 spiro atoms. The number of anilines is 2. The maximum Gasteiger partial charge on any atom is 0.335 e. The van der Waals surface area contributed by atoms with Gasteiger partial charge in [0.2, 0.25) is 0 Å². The van der Waals surface area contributed by atoms with Crippen LogP contribution in [0.3, 0.4) is 0 Å². The van der Waals surface area contributed by atoms with Crippen LogP contribution in [0.4, 0.5) is 11.4 Å². The van der Waals surface area contributed by atoms with Gasteiger partial charge in [-0.25, -0.2) is 9.78 Å². The highest BCUT2D eigenvalue weighted by atomic mass is 16.4. The zero-order chi connectivity index (χ0) is 22.8. The first-order valence-corrected chi connectivity index (χ1v) is 11.4. The minimum Gasteiger partial charge on any atom is -0.478 e. The van der Waals surface area contributed by atoms with Crippen molar-refractivity contribution < 1.29 is 9.90 Å². The number of aromatic carboxylic acids is 1. The van der Waals surface area contributed by atoms with Crippen molar-refractivity contribution in [1.29, 1.82) is 0 Å². The van der Waals surface area contributed by atoms with Gasteiger partial charge in [0.1, 0.15) is 0 Å². The molecule has 2 heterocycles. The molecule has 5 nitrogen and oxygen atoms in total. The Bertz CT molecular complexity index is 1270. The summed E-state index contributed by atoms with van der Waals surface area (Å²) in [6, 6.07) is 28.5. The van der Waals surface area contributed by atoms with Crippen LogP contribution in [0, 0.1) is 0 Å².